The molecule has 0 bridgehead atoms. The van der Waals surface area contributed by atoms with Crippen LogP contribution in [0, 0.1) is 6.92 Å². The van der Waals surface area contributed by atoms with Crippen molar-refractivity contribution in [1.82, 2.24) is 15.1 Å². The first-order chi connectivity index (χ1) is 16.0. The summed E-state index contributed by atoms with van der Waals surface area (Å²) in [4.78, 5) is 14.9. The van der Waals surface area contributed by atoms with Crippen LogP contribution >= 0.6 is 11.6 Å². The Hall–Kier alpha value is -3.25. The smallest absolute Gasteiger partial charge is 0.244 e. The summed E-state index contributed by atoms with van der Waals surface area (Å²) in [6.45, 7) is 4.30. The van der Waals surface area contributed by atoms with Gasteiger partial charge in [0.15, 0.2) is 0 Å². The number of hydrogen-bond acceptors (Lipinski definition) is 4. The van der Waals surface area contributed by atoms with Gasteiger partial charge in [0.05, 0.1) is 19.3 Å². The van der Waals surface area contributed by atoms with Crippen LogP contribution in [0.4, 0.5) is 5.69 Å². The molecule has 7 heteroatoms. The normalized spacial score (nSPS) is 14.6. The number of nitrogens with one attached hydrogen (secondary N) is 1. The molecule has 0 saturated carbocycles. The van der Waals surface area contributed by atoms with Crippen LogP contribution < -0.4 is 15.0 Å². The lowest BCUT2D eigenvalue weighted by Gasteiger charge is -2.33. The molecule has 0 radical (unpaired) electrons. The Balaban J connectivity index is 1.30. The van der Waals surface area contributed by atoms with Gasteiger partial charge in [0.25, 0.3) is 0 Å². The standard InChI is InChI=1S/C26H29ClN4O2/c1-19-24(26(27)31(29-19)18-20-6-4-3-5-7-20)12-13-25(32)28-21-14-16-30(17-15-21)22-8-10-23(33-2)11-9-22/h3-13,21H,14-18H2,1-2H3,(H,28,32)/b13-12+. The minimum Gasteiger partial charge on any atom is -0.497 e. The minimum atomic E-state index is -0.107. The van der Waals surface area contributed by atoms with Crippen LogP contribution in [0.15, 0.2) is 60.7 Å². The first kappa shape index (κ1) is 22.9. The van der Waals surface area contributed by atoms with Crippen LogP contribution in [-0.2, 0) is 11.3 Å². The molecule has 1 aliphatic rings. The third kappa shape index (κ3) is 5.76. The van der Waals surface area contributed by atoms with Gasteiger partial charge in [-0.3, -0.25) is 4.79 Å². The molecular formula is C26H29ClN4O2. The molecule has 1 saturated heterocycles. The maximum atomic E-state index is 12.5. The maximum Gasteiger partial charge on any atom is 0.244 e. The van der Waals surface area contributed by atoms with Crippen molar-refractivity contribution in [1.29, 1.82) is 0 Å². The number of nitrogens with zero attached hydrogens (tertiary/aromatic N) is 3. The van der Waals surface area contributed by atoms with Gasteiger partial charge < -0.3 is 15.0 Å². The fraction of sp³-hybridized carbons (Fsp3) is 0.308. The van der Waals surface area contributed by atoms with E-state index in [-0.39, 0.29) is 11.9 Å². The van der Waals surface area contributed by atoms with Gasteiger partial charge in [0, 0.05) is 36.5 Å². The van der Waals surface area contributed by atoms with Crippen molar-refractivity contribution in [2.75, 3.05) is 25.1 Å². The zero-order valence-electron chi connectivity index (χ0n) is 19.0. The van der Waals surface area contributed by atoms with Crippen LogP contribution in [0.1, 0.15) is 29.7 Å². The Morgan fingerprint density at radius 1 is 1.15 bits per heavy atom. The molecule has 3 aromatic rings. The van der Waals surface area contributed by atoms with E-state index in [2.05, 4.69) is 27.4 Å². The summed E-state index contributed by atoms with van der Waals surface area (Å²) in [5, 5.41) is 8.19. The molecule has 1 aliphatic heterocycles. The molecule has 1 N–H and O–H groups in total. The van der Waals surface area contributed by atoms with Crippen molar-refractivity contribution < 1.29 is 9.53 Å². The molecule has 0 aliphatic carbocycles. The molecule has 1 aromatic heterocycles. The van der Waals surface area contributed by atoms with Crippen LogP contribution in [0.5, 0.6) is 5.75 Å². The van der Waals surface area contributed by atoms with Crippen LogP contribution in [0.3, 0.4) is 0 Å². The monoisotopic (exact) mass is 464 g/mol. The lowest BCUT2D eigenvalue weighted by Crippen LogP contribution is -2.44. The summed E-state index contributed by atoms with van der Waals surface area (Å²) in [5.74, 6) is 0.748. The first-order valence-electron chi connectivity index (χ1n) is 11.2. The molecule has 2 heterocycles. The number of methoxy groups -OCH3 is 1. The lowest BCUT2D eigenvalue weighted by atomic mass is 10.0. The molecule has 0 atom stereocenters. The van der Waals surface area contributed by atoms with Crippen molar-refractivity contribution in [3.63, 3.8) is 0 Å². The van der Waals surface area contributed by atoms with E-state index >= 15 is 0 Å². The summed E-state index contributed by atoms with van der Waals surface area (Å²) in [6, 6.07) is 18.3. The summed E-state index contributed by atoms with van der Waals surface area (Å²) in [5.41, 5.74) is 3.87. The molecule has 1 fully saturated rings. The highest BCUT2D eigenvalue weighted by molar-refractivity contribution is 6.31. The lowest BCUT2D eigenvalue weighted by molar-refractivity contribution is -0.117. The number of aromatic nitrogens is 2. The van der Waals surface area contributed by atoms with E-state index in [1.54, 1.807) is 23.9 Å². The van der Waals surface area contributed by atoms with Crippen LogP contribution in [0.2, 0.25) is 5.15 Å². The summed E-state index contributed by atoms with van der Waals surface area (Å²) in [6.07, 6.45) is 5.12. The largest absolute Gasteiger partial charge is 0.497 e. The Morgan fingerprint density at radius 3 is 2.52 bits per heavy atom. The second-order valence-corrected chi connectivity index (χ2v) is 8.59. The number of amides is 1. The summed E-state index contributed by atoms with van der Waals surface area (Å²) < 4.78 is 6.99. The SMILES string of the molecule is COc1ccc(N2CCC(NC(=O)/C=C/c3c(C)nn(Cc4ccccc4)c3Cl)CC2)cc1. The molecule has 0 spiro atoms. The van der Waals surface area contributed by atoms with E-state index in [1.165, 1.54) is 5.69 Å². The van der Waals surface area contributed by atoms with E-state index in [1.807, 2.05) is 49.4 Å². The van der Waals surface area contributed by atoms with Crippen molar-refractivity contribution >= 4 is 29.3 Å². The van der Waals surface area contributed by atoms with Crippen LogP contribution in [0.25, 0.3) is 6.08 Å². The van der Waals surface area contributed by atoms with Crippen molar-refractivity contribution in [2.45, 2.75) is 32.4 Å². The first-order valence-corrected chi connectivity index (χ1v) is 11.6. The van der Waals surface area contributed by atoms with Crippen LogP contribution in [-0.4, -0.2) is 41.9 Å². The second kappa shape index (κ2) is 10.6. The number of carbonyl (C=O) groups excluding carboxylic acids is 1. The highest BCUT2D eigenvalue weighted by atomic mass is 35.5. The Morgan fingerprint density at radius 2 is 1.85 bits per heavy atom. The number of carbonyl (C=O) groups is 1. The number of piperidine rings is 1. The van der Waals surface area contributed by atoms with E-state index in [0.29, 0.717) is 11.7 Å². The van der Waals surface area contributed by atoms with Crippen molar-refractivity contribution in [3.8, 4) is 5.75 Å². The van der Waals surface area contributed by atoms with Crippen molar-refractivity contribution in [2.24, 2.45) is 0 Å². The number of ether oxygens (including phenoxy) is 1. The van der Waals surface area contributed by atoms with E-state index in [0.717, 1.165) is 48.5 Å². The number of halogens is 1. The van der Waals surface area contributed by atoms with Gasteiger partial charge >= 0.3 is 0 Å². The van der Waals surface area contributed by atoms with Gasteiger partial charge in [-0.1, -0.05) is 41.9 Å². The average molecular weight is 465 g/mol. The average Bonchev–Trinajstić information content (AvgIpc) is 3.11. The Kier molecular flexibility index (Phi) is 7.35. The number of hydrogen-bond donors (Lipinski definition) is 1. The maximum absolute atomic E-state index is 12.5. The zero-order chi connectivity index (χ0) is 23.2. The fourth-order valence-corrected chi connectivity index (χ4v) is 4.40. The summed E-state index contributed by atoms with van der Waals surface area (Å²) >= 11 is 6.55. The fourth-order valence-electron chi connectivity index (χ4n) is 4.10. The Labute approximate surface area is 199 Å². The van der Waals surface area contributed by atoms with Gasteiger partial charge in [-0.15, -0.1) is 0 Å². The Bertz CT molecular complexity index is 1100. The quantitative estimate of drug-likeness (QED) is 0.515. The third-order valence-electron chi connectivity index (χ3n) is 5.96. The van der Waals surface area contributed by atoms with Gasteiger partial charge in [0.1, 0.15) is 10.9 Å². The molecule has 1 amide bonds. The molecule has 172 valence electrons. The number of anilines is 1. The summed E-state index contributed by atoms with van der Waals surface area (Å²) in [7, 11) is 1.67. The number of aryl methyl sites for hydroxylation is 1. The predicted molar refractivity (Wildman–Crippen MR) is 133 cm³/mol. The molecule has 6 nitrogen and oxygen atoms in total. The molecule has 33 heavy (non-hydrogen) atoms. The highest BCUT2D eigenvalue weighted by Gasteiger charge is 2.20. The van der Waals surface area contributed by atoms with E-state index in [4.69, 9.17) is 16.3 Å². The van der Waals surface area contributed by atoms with Gasteiger partial charge in [-0.25, -0.2) is 4.68 Å². The van der Waals surface area contributed by atoms with Gasteiger partial charge in [-0.2, -0.15) is 5.10 Å². The molecule has 4 rings (SSSR count). The van der Waals surface area contributed by atoms with Crippen molar-refractivity contribution in [3.05, 3.63) is 82.6 Å². The molecular weight excluding hydrogens is 436 g/mol. The second-order valence-electron chi connectivity index (χ2n) is 8.23. The predicted octanol–water partition coefficient (Wildman–Crippen LogP) is 4.70. The third-order valence-corrected chi connectivity index (χ3v) is 6.36. The topological polar surface area (TPSA) is 59.4 Å². The van der Waals surface area contributed by atoms with Gasteiger partial charge in [-0.05, 0) is 55.7 Å². The number of rotatable bonds is 7. The zero-order valence-corrected chi connectivity index (χ0v) is 19.8. The van der Waals surface area contributed by atoms with E-state index in [9.17, 15) is 4.79 Å². The molecule has 0 unspecified atom stereocenters. The molecule has 2 aromatic carbocycles. The highest BCUT2D eigenvalue weighted by Crippen LogP contribution is 2.24. The number of benzene rings is 2. The van der Waals surface area contributed by atoms with E-state index < -0.39 is 0 Å². The van der Waals surface area contributed by atoms with Gasteiger partial charge in [0.2, 0.25) is 5.91 Å². The minimum absolute atomic E-state index is 0.107.